The summed E-state index contributed by atoms with van der Waals surface area (Å²) >= 11 is 5.23. The molecular formula is C14H20BrNOS. The van der Waals surface area contributed by atoms with Crippen LogP contribution in [0.5, 0.6) is 0 Å². The van der Waals surface area contributed by atoms with Crippen molar-refractivity contribution in [2.45, 2.75) is 44.6 Å². The Hall–Kier alpha value is -0.350. The zero-order chi connectivity index (χ0) is 13.0. The van der Waals surface area contributed by atoms with Gasteiger partial charge in [0.2, 0.25) is 5.91 Å². The average molecular weight is 330 g/mol. The standard InChI is InChI=1S/C14H20BrNOS/c1-11-2-5-14(10-15,6-3-11)16-13(17)8-12-4-7-18-9-12/h4,7,9,11H,2-3,5-6,8,10H2,1H3,(H,16,17). The summed E-state index contributed by atoms with van der Waals surface area (Å²) in [7, 11) is 0. The molecule has 0 atom stereocenters. The molecule has 0 radical (unpaired) electrons. The maximum atomic E-state index is 12.1. The first-order chi connectivity index (χ1) is 8.63. The van der Waals surface area contributed by atoms with Crippen LogP contribution in [0.25, 0.3) is 0 Å². The van der Waals surface area contributed by atoms with Crippen molar-refractivity contribution < 1.29 is 4.79 Å². The molecule has 1 aromatic rings. The van der Waals surface area contributed by atoms with E-state index >= 15 is 0 Å². The molecule has 1 saturated carbocycles. The predicted molar refractivity (Wildman–Crippen MR) is 80.3 cm³/mol. The summed E-state index contributed by atoms with van der Waals surface area (Å²) in [5.74, 6) is 0.952. The Morgan fingerprint density at radius 2 is 2.28 bits per heavy atom. The highest BCUT2D eigenvalue weighted by Gasteiger charge is 2.34. The van der Waals surface area contributed by atoms with E-state index in [-0.39, 0.29) is 11.4 Å². The van der Waals surface area contributed by atoms with Crippen molar-refractivity contribution in [1.82, 2.24) is 5.32 Å². The SMILES string of the molecule is CC1CCC(CBr)(NC(=O)Cc2ccsc2)CC1. The molecule has 0 spiro atoms. The summed E-state index contributed by atoms with van der Waals surface area (Å²) < 4.78 is 0. The number of carbonyl (C=O) groups excluding carboxylic acids is 1. The smallest absolute Gasteiger partial charge is 0.224 e. The average Bonchev–Trinajstić information content (AvgIpc) is 2.85. The van der Waals surface area contributed by atoms with E-state index in [4.69, 9.17) is 0 Å². The lowest BCUT2D eigenvalue weighted by atomic mass is 9.78. The number of thiophene rings is 1. The normalized spacial score (nSPS) is 28.0. The van der Waals surface area contributed by atoms with Gasteiger partial charge in [-0.2, -0.15) is 11.3 Å². The van der Waals surface area contributed by atoms with Crippen LogP contribution in [-0.4, -0.2) is 16.8 Å². The van der Waals surface area contributed by atoms with Crippen LogP contribution in [0.2, 0.25) is 0 Å². The number of hydrogen-bond donors (Lipinski definition) is 1. The summed E-state index contributed by atoms with van der Waals surface area (Å²) in [6.07, 6.45) is 5.12. The van der Waals surface area contributed by atoms with Gasteiger partial charge in [-0.05, 0) is 54.0 Å². The Kier molecular flexibility index (Phi) is 4.84. The molecule has 1 aromatic heterocycles. The summed E-state index contributed by atoms with van der Waals surface area (Å²) in [5, 5.41) is 8.19. The third-order valence-electron chi connectivity index (χ3n) is 3.84. The number of hydrogen-bond acceptors (Lipinski definition) is 2. The molecule has 4 heteroatoms. The summed E-state index contributed by atoms with van der Waals surface area (Å²) in [6, 6.07) is 2.02. The van der Waals surface area contributed by atoms with Crippen molar-refractivity contribution in [3.8, 4) is 0 Å². The van der Waals surface area contributed by atoms with E-state index < -0.39 is 0 Å². The highest BCUT2D eigenvalue weighted by molar-refractivity contribution is 9.09. The van der Waals surface area contributed by atoms with E-state index in [2.05, 4.69) is 28.2 Å². The molecule has 100 valence electrons. The van der Waals surface area contributed by atoms with Crippen LogP contribution in [0, 0.1) is 5.92 Å². The molecule has 0 aliphatic heterocycles. The third-order valence-corrected chi connectivity index (χ3v) is 5.64. The molecule has 0 unspecified atom stereocenters. The quantitative estimate of drug-likeness (QED) is 0.837. The summed E-state index contributed by atoms with van der Waals surface area (Å²) in [6.45, 7) is 2.30. The molecule has 1 fully saturated rings. The number of amides is 1. The number of carbonyl (C=O) groups is 1. The fourth-order valence-electron chi connectivity index (χ4n) is 2.53. The molecule has 0 saturated heterocycles. The monoisotopic (exact) mass is 329 g/mol. The predicted octanol–water partition coefficient (Wildman–Crippen LogP) is 3.75. The van der Waals surface area contributed by atoms with Gasteiger partial charge in [-0.3, -0.25) is 4.79 Å². The van der Waals surface area contributed by atoms with Crippen LogP contribution >= 0.6 is 27.3 Å². The molecule has 2 nitrogen and oxygen atoms in total. The lowest BCUT2D eigenvalue weighted by Gasteiger charge is -2.39. The molecule has 0 aromatic carbocycles. The second-order valence-corrected chi connectivity index (χ2v) is 6.79. The van der Waals surface area contributed by atoms with Crippen LogP contribution in [-0.2, 0) is 11.2 Å². The lowest BCUT2D eigenvalue weighted by molar-refractivity contribution is -0.122. The van der Waals surface area contributed by atoms with Crippen molar-refractivity contribution in [2.75, 3.05) is 5.33 Å². The minimum Gasteiger partial charge on any atom is -0.350 e. The molecule has 1 amide bonds. The summed E-state index contributed by atoms with van der Waals surface area (Å²) in [5.41, 5.74) is 1.10. The van der Waals surface area contributed by atoms with E-state index in [0.717, 1.165) is 29.7 Å². The molecule has 2 rings (SSSR count). The van der Waals surface area contributed by atoms with Gasteiger partial charge in [0.25, 0.3) is 0 Å². The van der Waals surface area contributed by atoms with Gasteiger partial charge in [0.1, 0.15) is 0 Å². The van der Waals surface area contributed by atoms with E-state index in [1.807, 2.05) is 16.8 Å². The van der Waals surface area contributed by atoms with E-state index in [1.165, 1.54) is 12.8 Å². The van der Waals surface area contributed by atoms with Crippen molar-refractivity contribution >= 4 is 33.2 Å². The van der Waals surface area contributed by atoms with Gasteiger partial charge in [-0.25, -0.2) is 0 Å². The largest absolute Gasteiger partial charge is 0.350 e. The third kappa shape index (κ3) is 3.58. The molecule has 18 heavy (non-hydrogen) atoms. The molecule has 1 N–H and O–H groups in total. The Labute approximate surface area is 121 Å². The van der Waals surface area contributed by atoms with Crippen molar-refractivity contribution in [3.63, 3.8) is 0 Å². The van der Waals surface area contributed by atoms with Crippen molar-refractivity contribution in [1.29, 1.82) is 0 Å². The zero-order valence-corrected chi connectivity index (χ0v) is 13.1. The molecule has 1 heterocycles. The Balaban J connectivity index is 1.91. The second-order valence-electron chi connectivity index (χ2n) is 5.45. The van der Waals surface area contributed by atoms with E-state index in [9.17, 15) is 4.79 Å². The molecule has 0 bridgehead atoms. The van der Waals surface area contributed by atoms with Crippen LogP contribution < -0.4 is 5.32 Å². The lowest BCUT2D eigenvalue weighted by Crippen LogP contribution is -2.52. The topological polar surface area (TPSA) is 29.1 Å². The van der Waals surface area contributed by atoms with Crippen LogP contribution in [0.1, 0.15) is 38.2 Å². The molecule has 1 aliphatic rings. The fourth-order valence-corrected chi connectivity index (χ4v) is 3.89. The van der Waals surface area contributed by atoms with E-state index in [1.54, 1.807) is 11.3 Å². The van der Waals surface area contributed by atoms with Gasteiger partial charge in [0.15, 0.2) is 0 Å². The van der Waals surface area contributed by atoms with Gasteiger partial charge in [-0.1, -0.05) is 22.9 Å². The fraction of sp³-hybridized carbons (Fsp3) is 0.643. The Bertz CT molecular complexity index is 383. The van der Waals surface area contributed by atoms with Gasteiger partial charge in [0.05, 0.1) is 6.42 Å². The van der Waals surface area contributed by atoms with Gasteiger partial charge >= 0.3 is 0 Å². The Morgan fingerprint density at radius 1 is 1.56 bits per heavy atom. The van der Waals surface area contributed by atoms with Gasteiger partial charge < -0.3 is 5.32 Å². The first-order valence-corrected chi connectivity index (χ1v) is 8.58. The van der Waals surface area contributed by atoms with Crippen LogP contribution in [0.15, 0.2) is 16.8 Å². The number of rotatable bonds is 4. The number of nitrogens with one attached hydrogen (secondary N) is 1. The minimum absolute atomic E-state index is 0.0143. The second kappa shape index (κ2) is 6.20. The highest BCUT2D eigenvalue weighted by atomic mass is 79.9. The number of alkyl halides is 1. The number of halogens is 1. The molecule has 1 aliphatic carbocycles. The first kappa shape index (κ1) is 14.1. The maximum absolute atomic E-state index is 12.1. The van der Waals surface area contributed by atoms with Crippen molar-refractivity contribution in [3.05, 3.63) is 22.4 Å². The van der Waals surface area contributed by atoms with E-state index in [0.29, 0.717) is 6.42 Å². The minimum atomic E-state index is -0.0143. The van der Waals surface area contributed by atoms with Crippen LogP contribution in [0.3, 0.4) is 0 Å². The van der Waals surface area contributed by atoms with Gasteiger partial charge in [-0.15, -0.1) is 0 Å². The van der Waals surface area contributed by atoms with Crippen LogP contribution in [0.4, 0.5) is 0 Å². The first-order valence-electron chi connectivity index (χ1n) is 6.52. The molecular weight excluding hydrogens is 310 g/mol. The maximum Gasteiger partial charge on any atom is 0.224 e. The van der Waals surface area contributed by atoms with Gasteiger partial charge in [0, 0.05) is 10.9 Å². The summed E-state index contributed by atoms with van der Waals surface area (Å²) in [4.78, 5) is 12.1. The highest BCUT2D eigenvalue weighted by Crippen LogP contribution is 2.33. The zero-order valence-electron chi connectivity index (χ0n) is 10.7. The van der Waals surface area contributed by atoms with Crippen molar-refractivity contribution in [2.24, 2.45) is 5.92 Å². The Morgan fingerprint density at radius 3 is 2.83 bits per heavy atom.